The first-order valence-corrected chi connectivity index (χ1v) is 12.6. The second-order valence-electron chi connectivity index (χ2n) is 8.16. The zero-order chi connectivity index (χ0) is 24.5. The molecule has 5 rings (SSSR count). The van der Waals surface area contributed by atoms with E-state index in [2.05, 4.69) is 42.3 Å². The molecule has 1 aliphatic rings. The average molecular weight is 456 g/mol. The Labute approximate surface area is 204 Å². The van der Waals surface area contributed by atoms with Gasteiger partial charge < -0.3 is 10.1 Å². The Balaban J connectivity index is 0.000000771. The van der Waals surface area contributed by atoms with Gasteiger partial charge in [-0.1, -0.05) is 76.2 Å². The first kappa shape index (κ1) is 25.4. The molecule has 3 heterocycles. The summed E-state index contributed by atoms with van der Waals surface area (Å²) in [7, 11) is 2.17. The minimum atomic E-state index is 0.414. The van der Waals surface area contributed by atoms with Crippen LogP contribution in [0.5, 0.6) is 0 Å². The van der Waals surface area contributed by atoms with Crippen molar-refractivity contribution in [1.29, 1.82) is 0 Å². The molecule has 0 saturated carbocycles. The molecule has 1 aliphatic heterocycles. The van der Waals surface area contributed by atoms with E-state index in [9.17, 15) is 5.21 Å². The van der Waals surface area contributed by atoms with Crippen molar-refractivity contribution in [1.82, 2.24) is 9.88 Å². The molecular weight excluding hydrogens is 418 g/mol. The quantitative estimate of drug-likeness (QED) is 0.245. The lowest BCUT2D eigenvalue weighted by Gasteiger charge is -2.29. The van der Waals surface area contributed by atoms with Gasteiger partial charge in [0.15, 0.2) is 6.20 Å². The van der Waals surface area contributed by atoms with Crippen molar-refractivity contribution in [3.63, 3.8) is 0 Å². The van der Waals surface area contributed by atoms with Crippen molar-refractivity contribution in [3.8, 4) is 22.4 Å². The molecule has 2 aromatic heterocycles. The van der Waals surface area contributed by atoms with E-state index in [1.807, 2.05) is 70.2 Å². The molecule has 0 unspecified atom stereocenters. The summed E-state index contributed by atoms with van der Waals surface area (Å²) < 4.78 is 0.956. The highest BCUT2D eigenvalue weighted by Gasteiger charge is 2.24. The summed E-state index contributed by atoms with van der Waals surface area (Å²) in [6.45, 7) is 10.2. The maximum atomic E-state index is 12.9. The number of hydrogen-bond acceptors (Lipinski definition) is 3. The minimum Gasteiger partial charge on any atom is -0.618 e. The lowest BCUT2D eigenvalue weighted by Crippen LogP contribution is -2.30. The molecule has 0 spiro atoms. The summed E-state index contributed by atoms with van der Waals surface area (Å²) in [5.74, 6) is 0.414. The van der Waals surface area contributed by atoms with Gasteiger partial charge in [0.1, 0.15) is 5.52 Å². The van der Waals surface area contributed by atoms with Gasteiger partial charge in [0.25, 0.3) is 0 Å². The molecule has 1 fully saturated rings. The van der Waals surface area contributed by atoms with Crippen molar-refractivity contribution in [2.45, 2.75) is 46.5 Å². The number of fused-ring (bicyclic) bond motifs is 1. The number of rotatable bonds is 3. The Hall–Kier alpha value is -3.24. The molecule has 4 heteroatoms. The smallest absolute Gasteiger partial charge is 0.250 e. The molecule has 0 amide bonds. The van der Waals surface area contributed by atoms with Gasteiger partial charge >= 0.3 is 0 Å². The zero-order valence-corrected chi connectivity index (χ0v) is 21.2. The Bertz CT molecular complexity index is 1170. The van der Waals surface area contributed by atoms with Crippen LogP contribution >= 0.6 is 0 Å². The molecule has 4 nitrogen and oxygen atoms in total. The fraction of sp³-hybridized carbons (Fsp3) is 0.333. The first-order valence-electron chi connectivity index (χ1n) is 12.6. The Morgan fingerprint density at radius 2 is 1.38 bits per heavy atom. The third-order valence-electron chi connectivity index (χ3n) is 6.17. The van der Waals surface area contributed by atoms with Gasteiger partial charge in [-0.3, -0.25) is 0 Å². The van der Waals surface area contributed by atoms with Crippen LogP contribution in [0.2, 0.25) is 0 Å². The second kappa shape index (κ2) is 12.3. The number of aromatic nitrogens is 2. The SMILES string of the molecule is CC.CC.CN1CCC(c2cc(-c3ccccc3)c3cc[n+]([O-])c(-c4ccccc4)c3n2)CC1. The van der Waals surface area contributed by atoms with Gasteiger partial charge in [-0.25, -0.2) is 4.98 Å². The van der Waals surface area contributed by atoms with E-state index in [1.165, 1.54) is 0 Å². The molecule has 0 radical (unpaired) electrons. The summed E-state index contributed by atoms with van der Waals surface area (Å²) in [6, 6.07) is 24.4. The van der Waals surface area contributed by atoms with Crippen LogP contribution in [0, 0.1) is 5.21 Å². The highest BCUT2D eigenvalue weighted by Crippen LogP contribution is 2.36. The van der Waals surface area contributed by atoms with Gasteiger partial charge in [0, 0.05) is 28.6 Å². The minimum absolute atomic E-state index is 0.414. The molecule has 0 N–H and O–H groups in total. The molecule has 4 aromatic rings. The van der Waals surface area contributed by atoms with E-state index >= 15 is 0 Å². The Morgan fingerprint density at radius 1 is 0.824 bits per heavy atom. The summed E-state index contributed by atoms with van der Waals surface area (Å²) >= 11 is 0. The fourth-order valence-corrected chi connectivity index (χ4v) is 4.48. The topological polar surface area (TPSA) is 43.1 Å². The van der Waals surface area contributed by atoms with Gasteiger partial charge in [0.05, 0.1) is 0 Å². The molecule has 1 saturated heterocycles. The fourth-order valence-electron chi connectivity index (χ4n) is 4.48. The predicted octanol–water partition coefficient (Wildman–Crippen LogP) is 7.06. The Morgan fingerprint density at radius 3 is 1.97 bits per heavy atom. The average Bonchev–Trinajstić information content (AvgIpc) is 2.91. The van der Waals surface area contributed by atoms with Crippen LogP contribution in [-0.2, 0) is 0 Å². The van der Waals surface area contributed by atoms with E-state index in [0.29, 0.717) is 11.6 Å². The standard InChI is InChI=1S/C26H25N3O.2C2H6/c1-28-15-12-20(13-16-28)24-18-23(19-8-4-2-5-9-19)22-14-17-29(30)26(25(22)27-24)21-10-6-3-7-11-21;2*1-2/h2-11,14,17-18,20H,12-13,15-16H2,1H3;2*1-2H3. The number of piperidine rings is 1. The molecule has 0 bridgehead atoms. The molecule has 2 aromatic carbocycles. The van der Waals surface area contributed by atoms with Crippen molar-refractivity contribution < 1.29 is 4.73 Å². The second-order valence-corrected chi connectivity index (χ2v) is 8.16. The van der Waals surface area contributed by atoms with Gasteiger partial charge in [0.2, 0.25) is 5.69 Å². The summed E-state index contributed by atoms with van der Waals surface area (Å²) in [4.78, 5) is 7.48. The van der Waals surface area contributed by atoms with Crippen LogP contribution in [-0.4, -0.2) is 30.0 Å². The van der Waals surface area contributed by atoms with Crippen LogP contribution in [0.15, 0.2) is 79.0 Å². The third kappa shape index (κ3) is 5.45. The molecule has 0 atom stereocenters. The first-order chi connectivity index (χ1) is 16.7. The monoisotopic (exact) mass is 455 g/mol. The highest BCUT2D eigenvalue weighted by molar-refractivity contribution is 5.99. The van der Waals surface area contributed by atoms with Crippen molar-refractivity contribution >= 4 is 10.9 Å². The lowest BCUT2D eigenvalue weighted by molar-refractivity contribution is -0.592. The summed E-state index contributed by atoms with van der Waals surface area (Å²) in [5, 5.41) is 13.9. The van der Waals surface area contributed by atoms with Crippen molar-refractivity contribution in [2.24, 2.45) is 0 Å². The number of likely N-dealkylation sites (tertiary alicyclic amines) is 1. The number of benzene rings is 2. The van der Waals surface area contributed by atoms with Crippen molar-refractivity contribution in [3.05, 3.63) is 89.9 Å². The van der Waals surface area contributed by atoms with E-state index < -0.39 is 0 Å². The molecule has 34 heavy (non-hydrogen) atoms. The van der Waals surface area contributed by atoms with Crippen LogP contribution in [0.25, 0.3) is 33.3 Å². The normalized spacial score (nSPS) is 14.0. The largest absolute Gasteiger partial charge is 0.618 e. The maximum Gasteiger partial charge on any atom is 0.250 e. The molecule has 0 aliphatic carbocycles. The zero-order valence-electron chi connectivity index (χ0n) is 21.2. The predicted molar refractivity (Wildman–Crippen MR) is 144 cm³/mol. The van der Waals surface area contributed by atoms with E-state index in [-0.39, 0.29) is 0 Å². The summed E-state index contributed by atoms with van der Waals surface area (Å²) in [5.41, 5.74) is 5.70. The highest BCUT2D eigenvalue weighted by atomic mass is 16.5. The van der Waals surface area contributed by atoms with Gasteiger partial charge in [-0.2, -0.15) is 4.73 Å². The third-order valence-corrected chi connectivity index (χ3v) is 6.17. The van der Waals surface area contributed by atoms with Crippen LogP contribution < -0.4 is 4.73 Å². The maximum absolute atomic E-state index is 12.9. The van der Waals surface area contributed by atoms with E-state index in [1.54, 1.807) is 6.20 Å². The number of nitrogens with zero attached hydrogens (tertiary/aromatic N) is 3. The van der Waals surface area contributed by atoms with E-state index in [0.717, 1.165) is 63.9 Å². The van der Waals surface area contributed by atoms with Crippen LogP contribution in [0.4, 0.5) is 0 Å². The molecule has 178 valence electrons. The van der Waals surface area contributed by atoms with E-state index in [4.69, 9.17) is 4.98 Å². The summed E-state index contributed by atoms with van der Waals surface area (Å²) in [6.07, 6.45) is 3.79. The Kier molecular flexibility index (Phi) is 9.17. The van der Waals surface area contributed by atoms with Gasteiger partial charge in [-0.15, -0.1) is 0 Å². The van der Waals surface area contributed by atoms with Crippen molar-refractivity contribution in [2.75, 3.05) is 20.1 Å². The number of hydrogen-bond donors (Lipinski definition) is 0. The van der Waals surface area contributed by atoms with Crippen LogP contribution in [0.1, 0.15) is 52.1 Å². The van der Waals surface area contributed by atoms with Crippen LogP contribution in [0.3, 0.4) is 0 Å². The van der Waals surface area contributed by atoms with Gasteiger partial charge in [-0.05, 0) is 62.3 Å². The lowest BCUT2D eigenvalue weighted by atomic mass is 9.90. The number of pyridine rings is 2. The molecular formula is C30H37N3O.